The van der Waals surface area contributed by atoms with Crippen molar-refractivity contribution in [2.45, 2.75) is 19.0 Å². The molecule has 0 saturated carbocycles. The Labute approximate surface area is 179 Å². The van der Waals surface area contributed by atoms with E-state index in [9.17, 15) is 13.2 Å². The van der Waals surface area contributed by atoms with Gasteiger partial charge in [-0.05, 0) is 24.1 Å². The molecule has 0 bridgehead atoms. The molecule has 0 radical (unpaired) electrons. The maximum Gasteiger partial charge on any atom is 0.242 e. The zero-order valence-corrected chi connectivity index (χ0v) is 18.0. The van der Waals surface area contributed by atoms with Crippen molar-refractivity contribution in [2.24, 2.45) is 0 Å². The van der Waals surface area contributed by atoms with E-state index < -0.39 is 9.84 Å². The number of benzene rings is 2. The summed E-state index contributed by atoms with van der Waals surface area (Å²) in [4.78, 5) is 19.4. The minimum Gasteiger partial charge on any atom is -0.358 e. The predicted molar refractivity (Wildman–Crippen MR) is 119 cm³/mol. The van der Waals surface area contributed by atoms with Crippen molar-refractivity contribution in [3.63, 3.8) is 0 Å². The average Bonchev–Trinajstić information content (AvgIpc) is 3.14. The molecule has 1 amide bonds. The van der Waals surface area contributed by atoms with Gasteiger partial charge in [0.25, 0.3) is 0 Å². The molecular weight excluding hydrogens is 398 g/mol. The molecule has 0 aliphatic carbocycles. The highest BCUT2D eigenvalue weighted by atomic mass is 32.2. The molecule has 6 nitrogen and oxygen atoms in total. The van der Waals surface area contributed by atoms with E-state index in [-0.39, 0.29) is 17.7 Å². The molecule has 2 aliphatic rings. The summed E-state index contributed by atoms with van der Waals surface area (Å²) in [6.07, 6.45) is 0.717. The van der Waals surface area contributed by atoms with E-state index in [2.05, 4.69) is 21.9 Å². The van der Waals surface area contributed by atoms with Crippen LogP contribution in [-0.4, -0.2) is 74.4 Å². The van der Waals surface area contributed by atoms with Crippen LogP contribution < -0.4 is 4.90 Å². The topological polar surface area (TPSA) is 60.9 Å². The molecule has 160 valence electrons. The highest BCUT2D eigenvalue weighted by molar-refractivity contribution is 7.91. The molecule has 4 rings (SSSR count). The van der Waals surface area contributed by atoms with Crippen molar-refractivity contribution in [1.82, 2.24) is 9.80 Å². The lowest BCUT2D eigenvalue weighted by molar-refractivity contribution is -0.131. The maximum atomic E-state index is 13.1. The molecule has 2 aromatic rings. The molecule has 2 fully saturated rings. The van der Waals surface area contributed by atoms with E-state index in [4.69, 9.17) is 0 Å². The van der Waals surface area contributed by atoms with Crippen molar-refractivity contribution < 1.29 is 13.2 Å². The Balaban J connectivity index is 1.37. The van der Waals surface area contributed by atoms with Gasteiger partial charge < -0.3 is 9.80 Å². The maximum absolute atomic E-state index is 13.1. The highest BCUT2D eigenvalue weighted by Crippen LogP contribution is 2.20. The van der Waals surface area contributed by atoms with Gasteiger partial charge in [-0.1, -0.05) is 48.5 Å². The molecule has 2 saturated heterocycles. The second kappa shape index (κ2) is 9.18. The normalized spacial score (nSPS) is 21.5. The SMILES string of the molecule is O=C(CN(Cc1ccccc1)c1ccccc1)N1CCN(C2CCS(=O)(=O)C2)CC1. The number of anilines is 1. The third kappa shape index (κ3) is 5.21. The van der Waals surface area contributed by atoms with Crippen LogP contribution >= 0.6 is 0 Å². The number of carbonyl (C=O) groups excluding carboxylic acids is 1. The highest BCUT2D eigenvalue weighted by Gasteiger charge is 2.34. The van der Waals surface area contributed by atoms with Crippen molar-refractivity contribution in [2.75, 3.05) is 49.1 Å². The summed E-state index contributed by atoms with van der Waals surface area (Å²) in [5, 5.41) is 0. The van der Waals surface area contributed by atoms with Crippen LogP contribution in [0.5, 0.6) is 0 Å². The lowest BCUT2D eigenvalue weighted by atomic mass is 10.1. The second-order valence-electron chi connectivity index (χ2n) is 8.15. The van der Waals surface area contributed by atoms with Crippen LogP contribution in [0, 0.1) is 0 Å². The Kier molecular flexibility index (Phi) is 6.39. The smallest absolute Gasteiger partial charge is 0.242 e. The largest absolute Gasteiger partial charge is 0.358 e. The predicted octanol–water partition coefficient (Wildman–Crippen LogP) is 2.02. The molecule has 2 aromatic carbocycles. The molecular formula is C23H29N3O3S. The first-order valence-electron chi connectivity index (χ1n) is 10.6. The number of nitrogens with zero attached hydrogens (tertiary/aromatic N) is 3. The fourth-order valence-corrected chi connectivity index (χ4v) is 6.11. The van der Waals surface area contributed by atoms with E-state index in [1.807, 2.05) is 53.4 Å². The lowest BCUT2D eigenvalue weighted by Crippen LogP contribution is -2.54. The quantitative estimate of drug-likeness (QED) is 0.706. The second-order valence-corrected chi connectivity index (χ2v) is 10.4. The Morgan fingerprint density at radius 1 is 0.933 bits per heavy atom. The number of amides is 1. The summed E-state index contributed by atoms with van der Waals surface area (Å²) >= 11 is 0. The molecule has 0 aromatic heterocycles. The van der Waals surface area contributed by atoms with Crippen LogP contribution in [0.15, 0.2) is 60.7 Å². The minimum absolute atomic E-state index is 0.117. The first-order chi connectivity index (χ1) is 14.5. The standard InChI is InChI=1S/C23H29N3O3S/c27-23(25-14-12-24(13-15-25)22-11-16-30(28,29)19-22)18-26(21-9-5-2-6-10-21)17-20-7-3-1-4-8-20/h1-10,22H,11-19H2. The van der Waals surface area contributed by atoms with Gasteiger partial charge in [0.1, 0.15) is 0 Å². The Bertz CT molecular complexity index is 942. The minimum atomic E-state index is -2.88. The van der Waals surface area contributed by atoms with Gasteiger partial charge in [-0.2, -0.15) is 0 Å². The Morgan fingerprint density at radius 2 is 1.57 bits per heavy atom. The zero-order chi connectivity index (χ0) is 21.0. The van der Waals surface area contributed by atoms with Crippen LogP contribution in [0.1, 0.15) is 12.0 Å². The van der Waals surface area contributed by atoms with E-state index in [0.29, 0.717) is 31.9 Å². The van der Waals surface area contributed by atoms with Gasteiger partial charge >= 0.3 is 0 Å². The summed E-state index contributed by atoms with van der Waals surface area (Å²) in [5.41, 5.74) is 2.20. The third-order valence-electron chi connectivity index (χ3n) is 6.06. The number of para-hydroxylation sites is 1. The van der Waals surface area contributed by atoms with Crippen molar-refractivity contribution in [3.8, 4) is 0 Å². The van der Waals surface area contributed by atoms with E-state index >= 15 is 0 Å². The van der Waals surface area contributed by atoms with Gasteiger partial charge in [-0.25, -0.2) is 8.42 Å². The molecule has 7 heteroatoms. The van der Waals surface area contributed by atoms with Crippen molar-refractivity contribution in [1.29, 1.82) is 0 Å². The first kappa shape index (κ1) is 20.9. The Morgan fingerprint density at radius 3 is 2.17 bits per heavy atom. The van der Waals surface area contributed by atoms with Gasteiger partial charge in [0.15, 0.2) is 9.84 Å². The summed E-state index contributed by atoms with van der Waals surface area (Å²) in [5.74, 6) is 0.677. The Hall–Kier alpha value is -2.38. The number of hydrogen-bond acceptors (Lipinski definition) is 5. The summed E-state index contributed by atoms with van der Waals surface area (Å²) in [6.45, 7) is 3.81. The van der Waals surface area contributed by atoms with Crippen LogP contribution in [-0.2, 0) is 21.2 Å². The fraction of sp³-hybridized carbons (Fsp3) is 0.435. The van der Waals surface area contributed by atoms with E-state index in [0.717, 1.165) is 25.2 Å². The van der Waals surface area contributed by atoms with Crippen LogP contribution in [0.4, 0.5) is 5.69 Å². The fourth-order valence-electron chi connectivity index (χ4n) is 4.34. The average molecular weight is 428 g/mol. The monoisotopic (exact) mass is 427 g/mol. The summed E-state index contributed by atoms with van der Waals surface area (Å²) in [6, 6.07) is 20.3. The van der Waals surface area contributed by atoms with Crippen LogP contribution in [0.25, 0.3) is 0 Å². The van der Waals surface area contributed by atoms with Gasteiger partial charge in [0, 0.05) is 44.5 Å². The zero-order valence-electron chi connectivity index (χ0n) is 17.2. The molecule has 0 spiro atoms. The number of sulfone groups is 1. The molecule has 1 atom stereocenters. The van der Waals surface area contributed by atoms with E-state index in [1.165, 1.54) is 5.56 Å². The molecule has 0 N–H and O–H groups in total. The molecule has 2 aliphatic heterocycles. The van der Waals surface area contributed by atoms with E-state index in [1.54, 1.807) is 0 Å². The van der Waals surface area contributed by atoms with Gasteiger partial charge in [-0.15, -0.1) is 0 Å². The molecule has 2 heterocycles. The van der Waals surface area contributed by atoms with Crippen molar-refractivity contribution >= 4 is 21.4 Å². The number of carbonyl (C=O) groups is 1. The van der Waals surface area contributed by atoms with Crippen molar-refractivity contribution in [3.05, 3.63) is 66.2 Å². The van der Waals surface area contributed by atoms with Gasteiger partial charge in [-0.3, -0.25) is 9.69 Å². The van der Waals surface area contributed by atoms with Gasteiger partial charge in [0.05, 0.1) is 18.1 Å². The first-order valence-corrected chi connectivity index (χ1v) is 12.4. The number of piperazine rings is 1. The summed E-state index contributed by atoms with van der Waals surface area (Å²) in [7, 11) is -2.88. The number of rotatable bonds is 6. The van der Waals surface area contributed by atoms with Crippen LogP contribution in [0.3, 0.4) is 0 Å². The van der Waals surface area contributed by atoms with Gasteiger partial charge in [0.2, 0.25) is 5.91 Å². The lowest BCUT2D eigenvalue weighted by Gasteiger charge is -2.38. The summed E-state index contributed by atoms with van der Waals surface area (Å²) < 4.78 is 23.5. The number of hydrogen-bond donors (Lipinski definition) is 0. The van der Waals surface area contributed by atoms with Crippen LogP contribution in [0.2, 0.25) is 0 Å². The molecule has 30 heavy (non-hydrogen) atoms. The molecule has 1 unspecified atom stereocenters. The third-order valence-corrected chi connectivity index (χ3v) is 7.81.